The Bertz CT molecular complexity index is 1210. The van der Waals surface area contributed by atoms with Gasteiger partial charge in [-0.05, 0) is 55.2 Å². The maximum absolute atomic E-state index is 13.0. The number of ether oxygens (including phenoxy) is 2. The Morgan fingerprint density at radius 3 is 2.03 bits per heavy atom. The van der Waals surface area contributed by atoms with Gasteiger partial charge in [-0.25, -0.2) is 9.59 Å². The molecule has 0 amide bonds. The number of para-hydroxylation sites is 1. The van der Waals surface area contributed by atoms with Crippen LogP contribution < -0.4 is 5.32 Å². The molecule has 0 aliphatic heterocycles. The molecular formula is C29H30N2O6. The molecule has 1 aliphatic rings. The van der Waals surface area contributed by atoms with Crippen LogP contribution in [-0.4, -0.2) is 31.9 Å². The topological polar surface area (TPSA) is 123 Å². The minimum absolute atomic E-state index is 0.219. The highest BCUT2D eigenvalue weighted by Crippen LogP contribution is 2.43. The van der Waals surface area contributed by atoms with Gasteiger partial charge in [-0.3, -0.25) is 0 Å². The van der Waals surface area contributed by atoms with Crippen LogP contribution in [0.3, 0.4) is 0 Å². The number of hydrogen-bond acceptors (Lipinski definition) is 8. The molecule has 0 aromatic heterocycles. The summed E-state index contributed by atoms with van der Waals surface area (Å²) in [6.45, 7) is 6.11. The lowest BCUT2D eigenvalue weighted by Gasteiger charge is -2.30. The zero-order chi connectivity index (χ0) is 27.2. The number of nitroso groups, excluding NO2 is 1. The van der Waals surface area contributed by atoms with Crippen LogP contribution in [0.15, 0.2) is 78.9 Å². The van der Waals surface area contributed by atoms with Crippen LogP contribution in [0.5, 0.6) is 0 Å². The van der Waals surface area contributed by atoms with E-state index in [1.54, 1.807) is 19.9 Å². The fourth-order valence-electron chi connectivity index (χ4n) is 4.23. The number of carbonyl (C=O) groups excluding carboxylic acids is 3. The zero-order valence-electron chi connectivity index (χ0n) is 20.9. The van der Waals surface area contributed by atoms with Gasteiger partial charge < -0.3 is 19.6 Å². The first-order valence-corrected chi connectivity index (χ1v) is 11.7. The van der Waals surface area contributed by atoms with E-state index < -0.39 is 11.9 Å². The summed E-state index contributed by atoms with van der Waals surface area (Å²) in [7, 11) is 0. The summed E-state index contributed by atoms with van der Waals surface area (Å²) in [6.07, 6.45) is 2.43. The van der Waals surface area contributed by atoms with E-state index in [1.807, 2.05) is 79.6 Å². The number of carbonyl (C=O) groups is 3. The SMILES string of the molecule is C=O.CCOC(=O)C1=CCC(Nc2ccccc2)c2c(C(=O)OCC)ccc(-c3ccccc3)c21.N=O. The predicted octanol–water partition coefficient (Wildman–Crippen LogP) is 6.18. The first-order valence-electron chi connectivity index (χ1n) is 11.7. The summed E-state index contributed by atoms with van der Waals surface area (Å²) >= 11 is 0. The van der Waals surface area contributed by atoms with Gasteiger partial charge in [-0.15, -0.1) is 0 Å². The Morgan fingerprint density at radius 2 is 1.43 bits per heavy atom. The number of rotatable bonds is 7. The molecule has 0 radical (unpaired) electrons. The molecule has 0 spiro atoms. The molecule has 1 unspecified atom stereocenters. The fourth-order valence-corrected chi connectivity index (χ4v) is 4.23. The number of fused-ring (bicyclic) bond motifs is 1. The van der Waals surface area contributed by atoms with E-state index in [2.05, 4.69) is 10.9 Å². The van der Waals surface area contributed by atoms with E-state index in [1.165, 1.54) is 0 Å². The molecule has 8 nitrogen and oxygen atoms in total. The minimum atomic E-state index is -0.404. The van der Waals surface area contributed by atoms with Crippen LogP contribution in [0.4, 0.5) is 5.69 Å². The maximum atomic E-state index is 13.0. The van der Waals surface area contributed by atoms with Gasteiger partial charge in [0.15, 0.2) is 0 Å². The molecule has 0 saturated carbocycles. The third kappa shape index (κ3) is 6.76. The quantitative estimate of drug-likeness (QED) is 0.292. The van der Waals surface area contributed by atoms with Gasteiger partial charge in [0, 0.05) is 11.3 Å². The Hall–Kier alpha value is -4.59. The number of anilines is 1. The van der Waals surface area contributed by atoms with Crippen molar-refractivity contribution >= 4 is 30.0 Å². The van der Waals surface area contributed by atoms with Crippen LogP contribution in [0.1, 0.15) is 47.8 Å². The third-order valence-electron chi connectivity index (χ3n) is 5.61. The van der Waals surface area contributed by atoms with Crippen LogP contribution in [0.2, 0.25) is 0 Å². The second kappa shape index (κ2) is 14.7. The van der Waals surface area contributed by atoms with E-state index in [9.17, 15) is 9.59 Å². The lowest BCUT2D eigenvalue weighted by molar-refractivity contribution is -0.136. The molecule has 1 aliphatic carbocycles. The lowest BCUT2D eigenvalue weighted by atomic mass is 9.79. The van der Waals surface area contributed by atoms with Gasteiger partial charge in [0.2, 0.25) is 0 Å². The van der Waals surface area contributed by atoms with Crippen molar-refractivity contribution < 1.29 is 23.9 Å². The average Bonchev–Trinajstić information content (AvgIpc) is 2.96. The molecule has 3 aromatic rings. The number of benzene rings is 3. The monoisotopic (exact) mass is 502 g/mol. The van der Waals surface area contributed by atoms with Crippen LogP contribution >= 0.6 is 0 Å². The molecule has 0 saturated heterocycles. The normalized spacial score (nSPS) is 13.2. The van der Waals surface area contributed by atoms with Crippen LogP contribution in [0, 0.1) is 10.5 Å². The van der Waals surface area contributed by atoms with Crippen molar-refractivity contribution in [2.45, 2.75) is 26.3 Å². The maximum Gasteiger partial charge on any atom is 0.338 e. The van der Waals surface area contributed by atoms with Crippen LogP contribution in [0.25, 0.3) is 16.7 Å². The minimum Gasteiger partial charge on any atom is -0.462 e. The molecule has 3 aromatic carbocycles. The highest BCUT2D eigenvalue weighted by Gasteiger charge is 2.33. The Labute approximate surface area is 216 Å². The van der Waals surface area contributed by atoms with Crippen molar-refractivity contribution in [1.82, 2.24) is 0 Å². The number of esters is 2. The van der Waals surface area contributed by atoms with E-state index in [4.69, 9.17) is 19.2 Å². The highest BCUT2D eigenvalue weighted by atomic mass is 16.5. The number of hydrogen-bond donors (Lipinski definition) is 2. The lowest BCUT2D eigenvalue weighted by Crippen LogP contribution is -2.23. The van der Waals surface area contributed by atoms with Gasteiger partial charge >= 0.3 is 11.9 Å². The second-order valence-corrected chi connectivity index (χ2v) is 7.67. The first kappa shape index (κ1) is 28.6. The van der Waals surface area contributed by atoms with Gasteiger partial charge in [0.25, 0.3) is 0 Å². The van der Waals surface area contributed by atoms with Crippen molar-refractivity contribution in [3.8, 4) is 11.1 Å². The van der Waals surface area contributed by atoms with Crippen molar-refractivity contribution in [3.63, 3.8) is 0 Å². The molecular weight excluding hydrogens is 472 g/mol. The summed E-state index contributed by atoms with van der Waals surface area (Å²) in [5, 5.41) is 3.54. The molecule has 2 N–H and O–H groups in total. The standard InChI is InChI=1S/C28H27NO4.CH2O.HNO/c1-3-32-27(30)22-17-18-24(29-20-13-9-6-10-14-20)26-23(28(31)33-4-2)16-15-21(25(22)26)19-11-7-5-8-12-19;2*1-2/h5-17,24,29H,3-4,18H2,1-2H3;1H2;1H. The van der Waals surface area contributed by atoms with E-state index in [-0.39, 0.29) is 19.3 Å². The number of nitrogens with one attached hydrogen (secondary N) is 2. The van der Waals surface area contributed by atoms with E-state index in [0.29, 0.717) is 23.1 Å². The van der Waals surface area contributed by atoms with Crippen LogP contribution in [-0.2, 0) is 19.1 Å². The Balaban J connectivity index is 0.00000115. The molecule has 0 heterocycles. The predicted molar refractivity (Wildman–Crippen MR) is 143 cm³/mol. The van der Waals surface area contributed by atoms with Gasteiger partial charge in [0.1, 0.15) is 6.79 Å². The zero-order valence-corrected chi connectivity index (χ0v) is 20.9. The molecule has 37 heavy (non-hydrogen) atoms. The molecule has 4 rings (SSSR count). The Morgan fingerprint density at radius 1 is 0.865 bits per heavy atom. The average molecular weight is 503 g/mol. The summed E-state index contributed by atoms with van der Waals surface area (Å²) in [5.74, 6) is -0.798. The molecule has 0 bridgehead atoms. The molecule has 1 atom stereocenters. The third-order valence-corrected chi connectivity index (χ3v) is 5.61. The summed E-state index contributed by atoms with van der Waals surface area (Å²) in [5.41, 5.74) is 9.66. The Kier molecular flexibility index (Phi) is 11.4. The van der Waals surface area contributed by atoms with E-state index in [0.717, 1.165) is 22.4 Å². The van der Waals surface area contributed by atoms with Crippen molar-refractivity contribution in [3.05, 3.63) is 100 Å². The fraction of sp³-hybridized carbons (Fsp3) is 0.207. The molecule has 192 valence electrons. The molecule has 0 fully saturated rings. The highest BCUT2D eigenvalue weighted by molar-refractivity contribution is 6.20. The summed E-state index contributed by atoms with van der Waals surface area (Å²) in [4.78, 5) is 41.5. The van der Waals surface area contributed by atoms with E-state index >= 15 is 0 Å². The van der Waals surface area contributed by atoms with Gasteiger partial charge in [-0.2, -0.15) is 4.91 Å². The largest absolute Gasteiger partial charge is 0.462 e. The summed E-state index contributed by atoms with van der Waals surface area (Å²) in [6, 6.07) is 23.2. The summed E-state index contributed by atoms with van der Waals surface area (Å²) < 4.78 is 10.8. The van der Waals surface area contributed by atoms with Crippen molar-refractivity contribution in [2.75, 3.05) is 18.5 Å². The second-order valence-electron chi connectivity index (χ2n) is 7.67. The van der Waals surface area contributed by atoms with Gasteiger partial charge in [-0.1, -0.05) is 66.3 Å². The van der Waals surface area contributed by atoms with Crippen molar-refractivity contribution in [1.29, 1.82) is 5.59 Å². The van der Waals surface area contributed by atoms with Gasteiger partial charge in [0.05, 0.1) is 30.4 Å². The molecule has 8 heteroatoms. The van der Waals surface area contributed by atoms with Crippen molar-refractivity contribution in [2.24, 2.45) is 0 Å². The smallest absolute Gasteiger partial charge is 0.338 e. The first-order chi connectivity index (χ1) is 18.1.